The summed E-state index contributed by atoms with van der Waals surface area (Å²) >= 11 is 0. The predicted molar refractivity (Wildman–Crippen MR) is 172 cm³/mol. The van der Waals surface area contributed by atoms with E-state index in [0.29, 0.717) is 36.3 Å². The Morgan fingerprint density at radius 3 is 2.46 bits per heavy atom. The van der Waals surface area contributed by atoms with Crippen LogP contribution < -0.4 is 5.32 Å². The highest BCUT2D eigenvalue weighted by Crippen LogP contribution is 2.34. The Hall–Kier alpha value is -5.30. The molecule has 2 fully saturated rings. The molecule has 0 bridgehead atoms. The summed E-state index contributed by atoms with van der Waals surface area (Å²) in [5.74, 6) is 1.39. The number of imidazole rings is 1. The maximum Gasteiger partial charge on any atom is 0.256 e. The Balaban J connectivity index is 1.12. The van der Waals surface area contributed by atoms with Crippen LogP contribution in [0.3, 0.4) is 0 Å². The molecule has 2 aliphatic rings. The average Bonchev–Trinajstić information content (AvgIpc) is 3.89. The molecule has 3 aromatic heterocycles. The van der Waals surface area contributed by atoms with Gasteiger partial charge in [-0.3, -0.25) is 14.6 Å². The van der Waals surface area contributed by atoms with Crippen LogP contribution >= 0.6 is 0 Å². The highest BCUT2D eigenvalue weighted by atomic mass is 16.5. The van der Waals surface area contributed by atoms with Crippen molar-refractivity contribution in [3.63, 3.8) is 0 Å². The number of benzene rings is 1. The normalized spacial score (nSPS) is 18.8. The fourth-order valence-electron chi connectivity index (χ4n) is 6.05. The van der Waals surface area contributed by atoms with Gasteiger partial charge >= 0.3 is 0 Å². The van der Waals surface area contributed by atoms with E-state index in [1.165, 1.54) is 0 Å². The summed E-state index contributed by atoms with van der Waals surface area (Å²) in [5.41, 5.74) is 3.76. The molecule has 0 spiro atoms. The molecule has 1 aromatic carbocycles. The van der Waals surface area contributed by atoms with Crippen molar-refractivity contribution in [1.82, 2.24) is 45.0 Å². The largest absolute Gasteiger partial charge is 0.381 e. The maximum absolute atomic E-state index is 13.5. The molecule has 2 aliphatic heterocycles. The number of amides is 2. The molecule has 0 aliphatic carbocycles. The lowest BCUT2D eigenvalue weighted by atomic mass is 10.1. The lowest BCUT2D eigenvalue weighted by molar-refractivity contribution is -0.143. The molecule has 2 amide bonds. The average molecular weight is 621 g/mol. The lowest BCUT2D eigenvalue weighted by Gasteiger charge is -2.27. The van der Waals surface area contributed by atoms with Crippen LogP contribution in [0.1, 0.15) is 54.8 Å². The van der Waals surface area contributed by atoms with Crippen LogP contribution in [0.4, 0.5) is 0 Å². The van der Waals surface area contributed by atoms with E-state index in [2.05, 4.69) is 46.9 Å². The minimum absolute atomic E-state index is 0.0784. The summed E-state index contributed by atoms with van der Waals surface area (Å²) in [5, 5.41) is 3.35. The number of nitrogens with zero attached hydrogens (tertiary/aromatic N) is 8. The van der Waals surface area contributed by atoms with Gasteiger partial charge in [-0.2, -0.15) is 0 Å². The van der Waals surface area contributed by atoms with Gasteiger partial charge in [0, 0.05) is 74.9 Å². The summed E-state index contributed by atoms with van der Waals surface area (Å²) < 4.78 is 5.61. The standard InChI is InChI=1S/C33H36N10O3/c1-34-19-26(35-18-25-10-6-12-42(25)21-44)23-14-36-31(37-15-23)32-38-16-24(17-39-32)27-20-40-30(41-27)28-11-7-13-43(28)33(45)29(46-2)22-8-4-3-5-9-22/h3-5,8-9,14-17,19-21,25,28-29,35H,1,6-7,10-13,18H2,2H3,(H,40,41)/b26-19-/t25-,28-,29?/m0/s1. The van der Waals surface area contributed by atoms with E-state index < -0.39 is 6.10 Å². The van der Waals surface area contributed by atoms with Crippen LogP contribution in [-0.2, 0) is 14.3 Å². The van der Waals surface area contributed by atoms with Gasteiger partial charge in [-0.25, -0.2) is 24.9 Å². The van der Waals surface area contributed by atoms with Crippen LogP contribution in [-0.4, -0.2) is 91.5 Å². The Kier molecular flexibility index (Phi) is 9.48. The summed E-state index contributed by atoms with van der Waals surface area (Å²) in [6.07, 6.45) is 14.0. The minimum Gasteiger partial charge on any atom is -0.381 e. The molecular formula is C33H36N10O3. The second-order valence-corrected chi connectivity index (χ2v) is 11.2. The first-order valence-corrected chi connectivity index (χ1v) is 15.3. The number of nitrogens with one attached hydrogen (secondary N) is 2. The van der Waals surface area contributed by atoms with E-state index >= 15 is 0 Å². The molecule has 4 aromatic rings. The molecule has 1 unspecified atom stereocenters. The van der Waals surface area contributed by atoms with Crippen LogP contribution in [0, 0.1) is 0 Å². The highest BCUT2D eigenvalue weighted by Gasteiger charge is 2.36. The van der Waals surface area contributed by atoms with E-state index in [9.17, 15) is 9.59 Å². The van der Waals surface area contributed by atoms with E-state index in [4.69, 9.17) is 4.74 Å². The van der Waals surface area contributed by atoms with Gasteiger partial charge in [0.1, 0.15) is 5.82 Å². The van der Waals surface area contributed by atoms with Crippen molar-refractivity contribution >= 4 is 24.7 Å². The van der Waals surface area contributed by atoms with E-state index in [0.717, 1.165) is 61.0 Å². The van der Waals surface area contributed by atoms with Crippen molar-refractivity contribution in [2.45, 2.75) is 43.9 Å². The van der Waals surface area contributed by atoms with Gasteiger partial charge in [-0.15, -0.1) is 0 Å². The van der Waals surface area contributed by atoms with E-state index in [1.807, 2.05) is 40.1 Å². The molecule has 6 rings (SSSR count). The van der Waals surface area contributed by atoms with Gasteiger partial charge in [0.2, 0.25) is 6.41 Å². The molecule has 13 nitrogen and oxygen atoms in total. The molecule has 236 valence electrons. The number of rotatable bonds is 12. The first kappa shape index (κ1) is 30.7. The minimum atomic E-state index is -0.669. The second-order valence-electron chi connectivity index (χ2n) is 11.2. The summed E-state index contributed by atoms with van der Waals surface area (Å²) in [6.45, 7) is 5.58. The smallest absolute Gasteiger partial charge is 0.256 e. The number of carbonyl (C=O) groups is 2. The van der Waals surface area contributed by atoms with Crippen LogP contribution in [0.2, 0.25) is 0 Å². The summed E-state index contributed by atoms with van der Waals surface area (Å²) in [6, 6.07) is 9.48. The van der Waals surface area contributed by atoms with E-state index in [1.54, 1.807) is 44.3 Å². The SMILES string of the molecule is C=N/C=C(\NC[C@@H]1CCCN1C=O)c1cnc(-c2ncc(-c3cnc([C@@H]4CCCN4C(=O)C(OC)c4ccccc4)[nH]3)cn2)nc1. The number of aromatic amines is 1. The quantitative estimate of drug-likeness (QED) is 0.179. The molecule has 13 heteroatoms. The molecule has 0 saturated carbocycles. The molecule has 2 N–H and O–H groups in total. The summed E-state index contributed by atoms with van der Waals surface area (Å²) in [7, 11) is 1.56. The lowest BCUT2D eigenvalue weighted by Crippen LogP contribution is -2.36. The molecule has 2 saturated heterocycles. The number of aliphatic imine (C=N–C) groups is 1. The van der Waals surface area contributed by atoms with Crippen molar-refractivity contribution in [2.75, 3.05) is 26.7 Å². The second kappa shape index (κ2) is 14.2. The first-order valence-electron chi connectivity index (χ1n) is 15.3. The van der Waals surface area contributed by atoms with Crippen molar-refractivity contribution in [3.8, 4) is 22.9 Å². The van der Waals surface area contributed by atoms with Gasteiger partial charge in [-0.05, 0) is 38.0 Å². The fraction of sp³-hybridized carbons (Fsp3) is 0.333. The van der Waals surface area contributed by atoms with Gasteiger partial charge < -0.3 is 24.8 Å². The third-order valence-corrected chi connectivity index (χ3v) is 8.44. The highest BCUT2D eigenvalue weighted by molar-refractivity contribution is 5.83. The number of hydrogen-bond donors (Lipinski definition) is 2. The predicted octanol–water partition coefficient (Wildman–Crippen LogP) is 3.58. The Morgan fingerprint density at radius 2 is 1.76 bits per heavy atom. The number of likely N-dealkylation sites (tertiary alicyclic amines) is 2. The summed E-state index contributed by atoms with van der Waals surface area (Å²) in [4.78, 5) is 58.3. The Morgan fingerprint density at radius 1 is 1.04 bits per heavy atom. The number of aromatic nitrogens is 6. The molecule has 5 heterocycles. The zero-order chi connectivity index (χ0) is 31.9. The molecule has 46 heavy (non-hydrogen) atoms. The van der Waals surface area contributed by atoms with Crippen molar-refractivity contribution in [2.24, 2.45) is 4.99 Å². The number of methoxy groups -OCH3 is 1. The third-order valence-electron chi connectivity index (χ3n) is 8.44. The number of carbonyl (C=O) groups excluding carboxylic acids is 2. The zero-order valence-electron chi connectivity index (χ0n) is 25.6. The monoisotopic (exact) mass is 620 g/mol. The van der Waals surface area contributed by atoms with Gasteiger partial charge in [-0.1, -0.05) is 30.3 Å². The number of H-pyrrole nitrogens is 1. The third kappa shape index (κ3) is 6.54. The molecular weight excluding hydrogens is 584 g/mol. The number of hydrogen-bond acceptors (Lipinski definition) is 10. The van der Waals surface area contributed by atoms with Crippen molar-refractivity contribution < 1.29 is 14.3 Å². The van der Waals surface area contributed by atoms with E-state index in [-0.39, 0.29) is 18.0 Å². The van der Waals surface area contributed by atoms with Gasteiger partial charge in [0.25, 0.3) is 5.91 Å². The molecule has 0 radical (unpaired) electrons. The first-order chi connectivity index (χ1) is 22.6. The van der Waals surface area contributed by atoms with Gasteiger partial charge in [0.15, 0.2) is 17.8 Å². The van der Waals surface area contributed by atoms with Crippen molar-refractivity contribution in [1.29, 1.82) is 0 Å². The van der Waals surface area contributed by atoms with Crippen LogP contribution in [0.15, 0.2) is 72.5 Å². The van der Waals surface area contributed by atoms with Crippen LogP contribution in [0.5, 0.6) is 0 Å². The van der Waals surface area contributed by atoms with Crippen molar-refractivity contribution in [3.05, 3.63) is 84.5 Å². The fourth-order valence-corrected chi connectivity index (χ4v) is 6.05. The van der Waals surface area contributed by atoms with Crippen LogP contribution in [0.25, 0.3) is 28.6 Å². The van der Waals surface area contributed by atoms with Gasteiger partial charge in [0.05, 0.1) is 23.6 Å². The Labute approximate surface area is 266 Å². The molecule has 3 atom stereocenters. The maximum atomic E-state index is 13.5. The zero-order valence-corrected chi connectivity index (χ0v) is 25.6. The Bertz CT molecular complexity index is 1670. The topological polar surface area (TPSA) is 154 Å². The number of ether oxygens (including phenoxy) is 1.